The normalized spacial score (nSPS) is 23.6. The van der Waals surface area contributed by atoms with Gasteiger partial charge in [0.15, 0.2) is 0 Å². The summed E-state index contributed by atoms with van der Waals surface area (Å²) in [5.74, 6) is -2.73. The molecule has 1 amide bonds. The molecule has 1 aliphatic heterocycles. The van der Waals surface area contributed by atoms with E-state index in [1.54, 1.807) is 0 Å². The zero-order valence-corrected chi connectivity index (χ0v) is 10.1. The standard InChI is InChI=1S/C9H14N2O.C2HF3O2/c1-2-8(12)11-5-7(10)9(6-11)3-4-9;3-2(4,5)1(6)7/h2,7H,1,3-6,10H2;(H,6,7)/t7-;/m0./s1. The number of carboxylic acids is 1. The van der Waals surface area contributed by atoms with E-state index in [0.29, 0.717) is 12.0 Å². The van der Waals surface area contributed by atoms with Gasteiger partial charge < -0.3 is 15.7 Å². The van der Waals surface area contributed by atoms with E-state index in [4.69, 9.17) is 15.6 Å². The fourth-order valence-electron chi connectivity index (χ4n) is 1.98. The van der Waals surface area contributed by atoms with Gasteiger partial charge in [0.25, 0.3) is 0 Å². The van der Waals surface area contributed by atoms with Crippen molar-refractivity contribution in [1.29, 1.82) is 0 Å². The molecule has 1 spiro atoms. The highest BCUT2D eigenvalue weighted by molar-refractivity contribution is 5.87. The molecule has 19 heavy (non-hydrogen) atoms. The predicted octanol–water partition coefficient (Wildman–Crippen LogP) is 0.755. The second kappa shape index (κ2) is 5.20. The van der Waals surface area contributed by atoms with Crippen molar-refractivity contribution >= 4 is 11.9 Å². The first-order chi connectivity index (χ1) is 8.62. The SMILES string of the molecule is C=CC(=O)N1C[C@H](N)C2(CC2)C1.O=C(O)C(F)(F)F. The van der Waals surface area contributed by atoms with Crippen LogP contribution >= 0.6 is 0 Å². The Labute approximate surface area is 107 Å². The number of hydrogen-bond donors (Lipinski definition) is 2. The third kappa shape index (κ3) is 3.69. The molecule has 2 fully saturated rings. The fourth-order valence-corrected chi connectivity index (χ4v) is 1.98. The topological polar surface area (TPSA) is 83.6 Å². The lowest BCUT2D eigenvalue weighted by Crippen LogP contribution is -2.31. The van der Waals surface area contributed by atoms with Gasteiger partial charge in [-0.25, -0.2) is 4.79 Å². The molecule has 1 aliphatic carbocycles. The lowest BCUT2D eigenvalue weighted by molar-refractivity contribution is -0.192. The Balaban J connectivity index is 0.000000224. The summed E-state index contributed by atoms with van der Waals surface area (Å²) in [6.45, 7) is 5.03. The molecule has 5 nitrogen and oxygen atoms in total. The van der Waals surface area contributed by atoms with Crippen molar-refractivity contribution in [3.63, 3.8) is 0 Å². The Hall–Kier alpha value is -1.57. The number of alkyl halides is 3. The van der Waals surface area contributed by atoms with Gasteiger partial charge in [-0.2, -0.15) is 13.2 Å². The maximum atomic E-state index is 11.2. The van der Waals surface area contributed by atoms with Crippen molar-refractivity contribution in [1.82, 2.24) is 4.90 Å². The molecule has 0 radical (unpaired) electrons. The second-order valence-corrected chi connectivity index (χ2v) is 4.69. The third-order valence-corrected chi connectivity index (χ3v) is 3.33. The van der Waals surface area contributed by atoms with Gasteiger partial charge in [0, 0.05) is 24.5 Å². The maximum Gasteiger partial charge on any atom is 0.490 e. The van der Waals surface area contributed by atoms with Crippen molar-refractivity contribution in [2.75, 3.05) is 13.1 Å². The minimum Gasteiger partial charge on any atom is -0.475 e. The van der Waals surface area contributed by atoms with Crippen molar-refractivity contribution in [2.45, 2.75) is 25.1 Å². The molecule has 3 N–H and O–H groups in total. The number of nitrogens with two attached hydrogens (primary N) is 1. The van der Waals surface area contributed by atoms with Crippen LogP contribution in [0.3, 0.4) is 0 Å². The van der Waals surface area contributed by atoms with Gasteiger partial charge in [0.05, 0.1) is 0 Å². The maximum absolute atomic E-state index is 11.2. The van der Waals surface area contributed by atoms with Crippen LogP contribution in [0.5, 0.6) is 0 Å². The summed E-state index contributed by atoms with van der Waals surface area (Å²) in [4.78, 5) is 21.9. The molecule has 2 rings (SSSR count). The van der Waals surface area contributed by atoms with Gasteiger partial charge in [-0.05, 0) is 18.9 Å². The highest BCUT2D eigenvalue weighted by Gasteiger charge is 2.54. The van der Waals surface area contributed by atoms with Crippen LogP contribution in [0, 0.1) is 5.41 Å². The van der Waals surface area contributed by atoms with Gasteiger partial charge >= 0.3 is 12.1 Å². The number of nitrogens with zero attached hydrogens (tertiary/aromatic N) is 1. The van der Waals surface area contributed by atoms with Gasteiger partial charge in [-0.15, -0.1) is 0 Å². The Morgan fingerprint density at radius 1 is 1.42 bits per heavy atom. The summed E-state index contributed by atoms with van der Waals surface area (Å²) in [6.07, 6.45) is -1.34. The second-order valence-electron chi connectivity index (χ2n) is 4.69. The molecule has 1 atom stereocenters. The van der Waals surface area contributed by atoms with Gasteiger partial charge in [0.1, 0.15) is 0 Å². The van der Waals surface area contributed by atoms with E-state index in [-0.39, 0.29) is 11.9 Å². The summed E-state index contributed by atoms with van der Waals surface area (Å²) in [5, 5.41) is 7.12. The van der Waals surface area contributed by atoms with Crippen LogP contribution in [0.4, 0.5) is 13.2 Å². The number of carbonyl (C=O) groups is 2. The first kappa shape index (κ1) is 15.5. The van der Waals surface area contributed by atoms with E-state index < -0.39 is 12.1 Å². The number of likely N-dealkylation sites (tertiary alicyclic amines) is 1. The molecule has 1 saturated carbocycles. The van der Waals surface area contributed by atoms with E-state index in [1.165, 1.54) is 18.9 Å². The Morgan fingerprint density at radius 2 is 1.89 bits per heavy atom. The number of carboxylic acid groups (broad SMARTS) is 1. The van der Waals surface area contributed by atoms with Gasteiger partial charge in [-0.3, -0.25) is 4.79 Å². The Kier molecular flexibility index (Phi) is 4.24. The van der Waals surface area contributed by atoms with Gasteiger partial charge in [-0.1, -0.05) is 6.58 Å². The molecule has 0 unspecified atom stereocenters. The number of amides is 1. The van der Waals surface area contributed by atoms with E-state index >= 15 is 0 Å². The number of aliphatic carboxylic acids is 1. The highest BCUT2D eigenvalue weighted by atomic mass is 19.4. The van der Waals surface area contributed by atoms with Crippen LogP contribution in [0.2, 0.25) is 0 Å². The van der Waals surface area contributed by atoms with Gasteiger partial charge in [0.2, 0.25) is 5.91 Å². The van der Waals surface area contributed by atoms with Crippen molar-refractivity contribution < 1.29 is 27.9 Å². The zero-order chi connectivity index (χ0) is 14.8. The average molecular weight is 280 g/mol. The van der Waals surface area contributed by atoms with Crippen LogP contribution in [0.15, 0.2) is 12.7 Å². The first-order valence-corrected chi connectivity index (χ1v) is 5.59. The summed E-state index contributed by atoms with van der Waals surface area (Å²) >= 11 is 0. The van der Waals surface area contributed by atoms with Crippen LogP contribution in [-0.4, -0.2) is 47.2 Å². The summed E-state index contributed by atoms with van der Waals surface area (Å²) in [5.41, 5.74) is 6.22. The average Bonchev–Trinajstić information content (AvgIpc) is 2.99. The van der Waals surface area contributed by atoms with E-state index in [9.17, 15) is 18.0 Å². The molecule has 1 heterocycles. The molecule has 0 aromatic carbocycles. The number of hydrogen-bond acceptors (Lipinski definition) is 3. The number of carbonyl (C=O) groups excluding carboxylic acids is 1. The molecular weight excluding hydrogens is 265 g/mol. The molecule has 8 heteroatoms. The van der Waals surface area contributed by atoms with Crippen LogP contribution in [0.1, 0.15) is 12.8 Å². The quantitative estimate of drug-likeness (QED) is 0.694. The van der Waals surface area contributed by atoms with Crippen molar-refractivity contribution in [3.8, 4) is 0 Å². The summed E-state index contributed by atoms with van der Waals surface area (Å²) in [6, 6.07) is 0.196. The summed E-state index contributed by atoms with van der Waals surface area (Å²) in [7, 11) is 0. The monoisotopic (exact) mass is 280 g/mol. The molecule has 1 saturated heterocycles. The lowest BCUT2D eigenvalue weighted by Gasteiger charge is -2.12. The number of rotatable bonds is 1. The third-order valence-electron chi connectivity index (χ3n) is 3.33. The van der Waals surface area contributed by atoms with E-state index in [0.717, 1.165) is 6.54 Å². The minimum absolute atomic E-state index is 0.0224. The molecule has 0 aromatic rings. The van der Waals surface area contributed by atoms with Crippen LogP contribution in [-0.2, 0) is 9.59 Å². The van der Waals surface area contributed by atoms with Crippen LogP contribution in [0.25, 0.3) is 0 Å². The predicted molar refractivity (Wildman–Crippen MR) is 60.1 cm³/mol. The Bertz CT molecular complexity index is 391. The minimum atomic E-state index is -5.08. The lowest BCUT2D eigenvalue weighted by atomic mass is 10.0. The smallest absolute Gasteiger partial charge is 0.475 e. The largest absolute Gasteiger partial charge is 0.490 e. The molecule has 2 aliphatic rings. The molecule has 0 aromatic heterocycles. The van der Waals surface area contributed by atoms with Crippen molar-refractivity contribution in [2.24, 2.45) is 11.1 Å². The summed E-state index contributed by atoms with van der Waals surface area (Å²) < 4.78 is 31.7. The van der Waals surface area contributed by atoms with E-state index in [1.807, 2.05) is 4.90 Å². The highest BCUT2D eigenvalue weighted by Crippen LogP contribution is 2.51. The molecular formula is C11H15F3N2O3. The molecule has 108 valence electrons. The Morgan fingerprint density at radius 3 is 2.16 bits per heavy atom. The van der Waals surface area contributed by atoms with Crippen LogP contribution < -0.4 is 5.73 Å². The first-order valence-electron chi connectivity index (χ1n) is 5.59. The molecule has 0 bridgehead atoms. The fraction of sp³-hybridized carbons (Fsp3) is 0.636. The van der Waals surface area contributed by atoms with Crippen molar-refractivity contribution in [3.05, 3.63) is 12.7 Å². The van der Waals surface area contributed by atoms with E-state index in [2.05, 4.69) is 6.58 Å². The number of halogens is 3. The zero-order valence-electron chi connectivity index (χ0n) is 10.1.